The summed E-state index contributed by atoms with van der Waals surface area (Å²) in [5.41, 5.74) is -0.793. The number of aromatic nitrogens is 1. The number of rotatable bonds is 1. The van der Waals surface area contributed by atoms with Crippen molar-refractivity contribution in [2.45, 2.75) is 51.4 Å². The number of amides is 4. The van der Waals surface area contributed by atoms with Crippen LogP contribution in [0.15, 0.2) is 10.6 Å². The van der Waals surface area contributed by atoms with E-state index in [1.54, 1.807) is 17.9 Å². The van der Waals surface area contributed by atoms with E-state index >= 15 is 4.39 Å². The molecule has 3 atom stereocenters. The molecule has 174 valence electrons. The van der Waals surface area contributed by atoms with E-state index in [1.165, 1.54) is 0 Å². The molecule has 6 rings (SSSR count). The van der Waals surface area contributed by atoms with Crippen LogP contribution in [0.1, 0.15) is 32.3 Å². The van der Waals surface area contributed by atoms with Crippen LogP contribution in [-0.4, -0.2) is 60.9 Å². The highest BCUT2D eigenvalue weighted by molar-refractivity contribution is 6.20. The minimum atomic E-state index is -1.65. The van der Waals surface area contributed by atoms with Gasteiger partial charge in [-0.2, -0.15) is 0 Å². The number of nitrogens with zero attached hydrogens (tertiary/aromatic N) is 3. The summed E-state index contributed by atoms with van der Waals surface area (Å²) in [6.07, 6.45) is 1.13. The summed E-state index contributed by atoms with van der Waals surface area (Å²) >= 11 is 0. The Kier molecular flexibility index (Phi) is 4.26. The average molecular weight is 457 g/mol. The van der Waals surface area contributed by atoms with E-state index in [-0.39, 0.29) is 24.7 Å². The van der Waals surface area contributed by atoms with Crippen LogP contribution in [0.25, 0.3) is 11.0 Å². The molecule has 10 nitrogen and oxygen atoms in total. The third-order valence-electron chi connectivity index (χ3n) is 7.35. The first kappa shape index (κ1) is 20.4. The van der Waals surface area contributed by atoms with Gasteiger partial charge < -0.3 is 19.1 Å². The summed E-state index contributed by atoms with van der Waals surface area (Å²) < 4.78 is 27.4. The smallest absolute Gasteiger partial charge is 0.328 e. The molecule has 0 aliphatic carbocycles. The fourth-order valence-corrected chi connectivity index (χ4v) is 6.09. The van der Waals surface area contributed by atoms with Gasteiger partial charge in [-0.25, -0.2) is 9.18 Å². The summed E-state index contributed by atoms with van der Waals surface area (Å²) in [5.74, 6) is -1.40. The van der Waals surface area contributed by atoms with Gasteiger partial charge in [-0.1, -0.05) is 5.16 Å². The molecule has 3 saturated heterocycles. The highest BCUT2D eigenvalue weighted by atomic mass is 19.1. The summed E-state index contributed by atoms with van der Waals surface area (Å²) in [6, 6.07) is 0.113. The van der Waals surface area contributed by atoms with Crippen molar-refractivity contribution in [3.05, 3.63) is 17.4 Å². The van der Waals surface area contributed by atoms with Gasteiger partial charge in [-0.05, 0) is 38.3 Å². The number of urea groups is 1. The minimum absolute atomic E-state index is 0.0601. The van der Waals surface area contributed by atoms with E-state index in [4.69, 9.17) is 9.26 Å². The number of nitrogens with one attached hydrogen (secondary N) is 2. The van der Waals surface area contributed by atoms with Crippen molar-refractivity contribution in [2.24, 2.45) is 5.41 Å². The van der Waals surface area contributed by atoms with E-state index in [1.807, 2.05) is 6.92 Å². The zero-order valence-corrected chi connectivity index (χ0v) is 18.3. The molecule has 0 radical (unpaired) electrons. The van der Waals surface area contributed by atoms with E-state index in [2.05, 4.69) is 20.7 Å². The van der Waals surface area contributed by atoms with Crippen LogP contribution in [0, 0.1) is 11.2 Å². The van der Waals surface area contributed by atoms with Crippen molar-refractivity contribution in [3.8, 4) is 0 Å². The third kappa shape index (κ3) is 2.68. The Morgan fingerprint density at radius 3 is 2.55 bits per heavy atom. The molecule has 1 spiro atoms. The molecule has 33 heavy (non-hydrogen) atoms. The number of carbonyl (C=O) groups excluding carboxylic acids is 3. The predicted octanol–water partition coefficient (Wildman–Crippen LogP) is 1.46. The lowest BCUT2D eigenvalue weighted by Crippen LogP contribution is -2.75. The Balaban J connectivity index is 1.58. The monoisotopic (exact) mass is 457 g/mol. The van der Waals surface area contributed by atoms with E-state index in [0.717, 1.165) is 25.9 Å². The van der Waals surface area contributed by atoms with Gasteiger partial charge >= 0.3 is 6.03 Å². The number of imide groups is 2. The summed E-state index contributed by atoms with van der Waals surface area (Å²) in [7, 11) is 0. The standard InChI is InChI=1S/C22H24FN5O5/c1-10-9-28-15-12(7-13-16(14(15)23)33-26-18(13)27-5-3-4-6-27)8-22(17(28)11(2)32-10)19(29)24-21(31)25-20(22)30/h7,10-11,17H,3-6,8-9H2,1-2H3,(H2,24,25,29,30,31). The Morgan fingerprint density at radius 1 is 1.15 bits per heavy atom. The molecule has 3 unspecified atom stereocenters. The quantitative estimate of drug-likeness (QED) is 0.619. The van der Waals surface area contributed by atoms with Crippen LogP contribution < -0.4 is 20.4 Å². The fraction of sp³-hybridized carbons (Fsp3) is 0.545. The van der Waals surface area contributed by atoms with Gasteiger partial charge in [0.2, 0.25) is 17.4 Å². The average Bonchev–Trinajstić information content (AvgIpc) is 3.41. The molecule has 0 bridgehead atoms. The molecule has 2 N–H and O–H groups in total. The number of benzene rings is 1. The maximum atomic E-state index is 16.0. The highest BCUT2D eigenvalue weighted by Crippen LogP contribution is 2.49. The number of fused-ring (bicyclic) bond motifs is 5. The lowest BCUT2D eigenvalue weighted by atomic mass is 9.66. The summed E-state index contributed by atoms with van der Waals surface area (Å²) in [4.78, 5) is 42.1. The molecular formula is C22H24FN5O5. The van der Waals surface area contributed by atoms with Gasteiger partial charge in [-0.15, -0.1) is 0 Å². The molecule has 4 aliphatic heterocycles. The van der Waals surface area contributed by atoms with E-state index < -0.39 is 41.2 Å². The molecule has 1 aromatic carbocycles. The molecule has 4 aliphatic rings. The second-order valence-corrected chi connectivity index (χ2v) is 9.41. The lowest BCUT2D eigenvalue weighted by Gasteiger charge is -2.55. The number of anilines is 2. The molecular weight excluding hydrogens is 433 g/mol. The van der Waals surface area contributed by atoms with Gasteiger partial charge in [0.05, 0.1) is 29.3 Å². The van der Waals surface area contributed by atoms with Crippen molar-refractivity contribution in [1.82, 2.24) is 15.8 Å². The lowest BCUT2D eigenvalue weighted by molar-refractivity contribution is -0.153. The Bertz CT molecular complexity index is 1190. The molecule has 1 aromatic heterocycles. The molecule has 3 fully saturated rings. The van der Waals surface area contributed by atoms with Crippen molar-refractivity contribution in [3.63, 3.8) is 0 Å². The largest absolute Gasteiger partial charge is 0.372 e. The van der Waals surface area contributed by atoms with Crippen LogP contribution in [0.3, 0.4) is 0 Å². The first-order valence-electron chi connectivity index (χ1n) is 11.3. The number of hydrogen-bond acceptors (Lipinski definition) is 8. The topological polar surface area (TPSA) is 117 Å². The minimum Gasteiger partial charge on any atom is -0.372 e. The SMILES string of the molecule is CC1CN2c3c(cc4c(N5CCCC5)noc4c3F)CC3(C(=O)NC(=O)NC3=O)C2C(C)O1. The number of morpholine rings is 1. The first-order valence-corrected chi connectivity index (χ1v) is 11.3. The zero-order chi connectivity index (χ0) is 23.1. The Hall–Kier alpha value is -3.21. The van der Waals surface area contributed by atoms with Crippen molar-refractivity contribution < 1.29 is 28.0 Å². The molecule has 4 amide bonds. The predicted molar refractivity (Wildman–Crippen MR) is 114 cm³/mol. The third-order valence-corrected chi connectivity index (χ3v) is 7.35. The van der Waals surface area contributed by atoms with Gasteiger partial charge in [0, 0.05) is 26.1 Å². The van der Waals surface area contributed by atoms with Gasteiger partial charge in [0.15, 0.2) is 17.1 Å². The molecule has 2 aromatic rings. The van der Waals surface area contributed by atoms with Crippen LogP contribution in [0.4, 0.5) is 20.7 Å². The number of carbonyl (C=O) groups is 3. The van der Waals surface area contributed by atoms with Crippen molar-refractivity contribution >= 4 is 40.3 Å². The van der Waals surface area contributed by atoms with Crippen LogP contribution in [0.2, 0.25) is 0 Å². The number of ether oxygens (including phenoxy) is 1. The number of hydrogen-bond donors (Lipinski definition) is 2. The number of barbiturate groups is 1. The Labute approximate surface area is 188 Å². The zero-order valence-electron chi connectivity index (χ0n) is 18.3. The molecule has 0 saturated carbocycles. The second kappa shape index (κ2) is 6.89. The van der Waals surface area contributed by atoms with Crippen molar-refractivity contribution in [1.29, 1.82) is 0 Å². The van der Waals surface area contributed by atoms with Crippen molar-refractivity contribution in [2.75, 3.05) is 29.4 Å². The van der Waals surface area contributed by atoms with Crippen LogP contribution in [-0.2, 0) is 20.7 Å². The second-order valence-electron chi connectivity index (χ2n) is 9.41. The summed E-state index contributed by atoms with van der Waals surface area (Å²) in [6.45, 7) is 5.49. The maximum absolute atomic E-state index is 16.0. The van der Waals surface area contributed by atoms with Gasteiger partial charge in [0.1, 0.15) is 0 Å². The van der Waals surface area contributed by atoms with Gasteiger partial charge in [-0.3, -0.25) is 20.2 Å². The van der Waals surface area contributed by atoms with E-state index in [0.29, 0.717) is 22.5 Å². The van der Waals surface area contributed by atoms with Crippen LogP contribution in [0.5, 0.6) is 0 Å². The summed E-state index contributed by atoms with van der Waals surface area (Å²) in [5, 5.41) is 9.16. The van der Waals surface area contributed by atoms with Crippen LogP contribution >= 0.6 is 0 Å². The van der Waals surface area contributed by atoms with E-state index in [9.17, 15) is 14.4 Å². The normalized spacial score (nSPS) is 28.7. The molecule has 11 heteroatoms. The highest BCUT2D eigenvalue weighted by Gasteiger charge is 2.63. The number of halogens is 1. The Morgan fingerprint density at radius 2 is 1.85 bits per heavy atom. The molecule has 5 heterocycles. The maximum Gasteiger partial charge on any atom is 0.328 e. The van der Waals surface area contributed by atoms with Gasteiger partial charge in [0.25, 0.3) is 0 Å². The first-order chi connectivity index (χ1) is 15.8. The fourth-order valence-electron chi connectivity index (χ4n) is 6.09.